The van der Waals surface area contributed by atoms with E-state index in [0.717, 1.165) is 18.4 Å². The van der Waals surface area contributed by atoms with Crippen LogP contribution in [-0.2, 0) is 11.3 Å². The molecule has 1 aromatic heterocycles. The molecule has 2 rings (SSSR count). The molecule has 2 aromatic rings. The van der Waals surface area contributed by atoms with E-state index in [0.29, 0.717) is 12.2 Å². The number of carbonyl (C=O) groups excluding carboxylic acids is 2. The molecule has 1 aromatic carbocycles. The minimum absolute atomic E-state index is 0.174. The highest BCUT2D eigenvalue weighted by Crippen LogP contribution is 2.23. The Kier molecular flexibility index (Phi) is 6.72. The summed E-state index contributed by atoms with van der Waals surface area (Å²) in [5, 5.41) is 7.08. The fourth-order valence-electron chi connectivity index (χ4n) is 2.86. The van der Waals surface area contributed by atoms with Crippen LogP contribution < -0.4 is 11.1 Å². The summed E-state index contributed by atoms with van der Waals surface area (Å²) in [6, 6.07) is 6.80. The molecule has 1 atom stereocenters. The van der Waals surface area contributed by atoms with Gasteiger partial charge in [-0.3, -0.25) is 14.3 Å². The first kappa shape index (κ1) is 21.3. The van der Waals surface area contributed by atoms with Crippen molar-refractivity contribution in [2.24, 2.45) is 11.1 Å². The first-order chi connectivity index (χ1) is 13.1. The number of unbranched alkanes of at least 4 members (excludes halogenated alkanes) is 1. The smallest absolute Gasteiger partial charge is 0.272 e. The first-order valence-electron chi connectivity index (χ1n) is 9.18. The molecule has 6 nitrogen and oxygen atoms in total. The van der Waals surface area contributed by atoms with Crippen LogP contribution in [-0.4, -0.2) is 27.6 Å². The van der Waals surface area contributed by atoms with E-state index >= 15 is 0 Å². The quantitative estimate of drug-likeness (QED) is 0.539. The number of rotatable bonds is 8. The van der Waals surface area contributed by atoms with Crippen molar-refractivity contribution in [3.05, 3.63) is 54.5 Å². The largest absolute Gasteiger partial charge is 0.368 e. The van der Waals surface area contributed by atoms with Crippen LogP contribution in [0.3, 0.4) is 0 Å². The fraction of sp³-hybridized carbons (Fsp3) is 0.381. The van der Waals surface area contributed by atoms with Crippen molar-refractivity contribution >= 4 is 11.8 Å². The van der Waals surface area contributed by atoms with Crippen molar-refractivity contribution in [3.63, 3.8) is 0 Å². The number of aryl methyl sites for hydroxylation is 1. The lowest BCUT2D eigenvalue weighted by Crippen LogP contribution is -2.52. The van der Waals surface area contributed by atoms with Gasteiger partial charge in [0.25, 0.3) is 5.91 Å². The van der Waals surface area contributed by atoms with E-state index in [4.69, 9.17) is 5.73 Å². The molecule has 0 aliphatic carbocycles. The number of hydrogen-bond donors (Lipinski definition) is 2. The van der Waals surface area contributed by atoms with Crippen molar-refractivity contribution in [2.75, 3.05) is 0 Å². The van der Waals surface area contributed by atoms with Gasteiger partial charge in [-0.05, 0) is 48.6 Å². The van der Waals surface area contributed by atoms with Crippen molar-refractivity contribution in [2.45, 2.75) is 46.2 Å². The summed E-state index contributed by atoms with van der Waals surface area (Å²) in [6.07, 6.45) is 3.42. The van der Waals surface area contributed by atoms with Crippen LogP contribution in [0.4, 0.5) is 4.39 Å². The van der Waals surface area contributed by atoms with E-state index in [1.165, 1.54) is 12.1 Å². The summed E-state index contributed by atoms with van der Waals surface area (Å²) >= 11 is 0. The summed E-state index contributed by atoms with van der Waals surface area (Å²) in [7, 11) is 0. The van der Waals surface area contributed by atoms with Crippen LogP contribution in [0.2, 0.25) is 0 Å². The number of halogens is 1. The van der Waals surface area contributed by atoms with Gasteiger partial charge in [0, 0.05) is 12.1 Å². The number of nitrogens with one attached hydrogen (secondary N) is 1. The number of nitrogens with two attached hydrogens (primary N) is 1. The second-order valence-electron chi connectivity index (χ2n) is 7.75. The predicted molar refractivity (Wildman–Crippen MR) is 107 cm³/mol. The zero-order valence-corrected chi connectivity index (χ0v) is 16.5. The molecule has 0 fully saturated rings. The van der Waals surface area contributed by atoms with Gasteiger partial charge in [0.05, 0.1) is 5.69 Å². The van der Waals surface area contributed by atoms with Crippen LogP contribution >= 0.6 is 0 Å². The molecule has 1 heterocycles. The summed E-state index contributed by atoms with van der Waals surface area (Å²) in [4.78, 5) is 24.5. The van der Waals surface area contributed by atoms with Gasteiger partial charge in [-0.25, -0.2) is 4.39 Å². The molecule has 0 aliphatic rings. The Hall–Kier alpha value is -2.96. The average Bonchev–Trinajstić information content (AvgIpc) is 3.03. The van der Waals surface area contributed by atoms with E-state index in [1.807, 2.05) is 26.8 Å². The monoisotopic (exact) mass is 386 g/mol. The molecule has 1 unspecified atom stereocenters. The van der Waals surface area contributed by atoms with E-state index in [2.05, 4.69) is 17.0 Å². The molecule has 0 spiro atoms. The molecule has 0 radical (unpaired) electrons. The molecule has 150 valence electrons. The Labute approximate surface area is 164 Å². The van der Waals surface area contributed by atoms with Crippen LogP contribution in [0.1, 0.15) is 44.1 Å². The zero-order chi connectivity index (χ0) is 20.9. The maximum absolute atomic E-state index is 13.3. The highest BCUT2D eigenvalue weighted by Gasteiger charge is 2.32. The number of aromatic nitrogens is 2. The van der Waals surface area contributed by atoms with Gasteiger partial charge >= 0.3 is 0 Å². The van der Waals surface area contributed by atoms with Gasteiger partial charge in [0.1, 0.15) is 11.9 Å². The van der Waals surface area contributed by atoms with Crippen molar-refractivity contribution in [1.29, 1.82) is 0 Å². The lowest BCUT2D eigenvalue weighted by molar-refractivity contribution is -0.122. The highest BCUT2D eigenvalue weighted by atomic mass is 19.1. The Morgan fingerprint density at radius 1 is 1.32 bits per heavy atom. The summed E-state index contributed by atoms with van der Waals surface area (Å²) in [5.74, 6) is -1.43. The third-order valence-electron chi connectivity index (χ3n) is 4.36. The molecule has 7 heteroatoms. The van der Waals surface area contributed by atoms with E-state index in [-0.39, 0.29) is 11.5 Å². The molecule has 28 heavy (non-hydrogen) atoms. The second kappa shape index (κ2) is 8.82. The van der Waals surface area contributed by atoms with Crippen LogP contribution in [0.5, 0.6) is 0 Å². The van der Waals surface area contributed by atoms with Crippen LogP contribution in [0, 0.1) is 11.2 Å². The third kappa shape index (κ3) is 5.28. The number of carbonyl (C=O) groups is 2. The van der Waals surface area contributed by atoms with Gasteiger partial charge in [-0.15, -0.1) is 6.58 Å². The number of primary amides is 1. The summed E-state index contributed by atoms with van der Waals surface area (Å²) in [5.41, 5.74) is 6.53. The maximum Gasteiger partial charge on any atom is 0.272 e. The van der Waals surface area contributed by atoms with E-state index in [1.54, 1.807) is 22.9 Å². The summed E-state index contributed by atoms with van der Waals surface area (Å²) < 4.78 is 15.0. The minimum atomic E-state index is -0.833. The SMILES string of the molecule is C=CCCCn1nc(C(=O)NC(C(N)=O)C(C)(C)C)cc1-c1ccc(F)cc1. The van der Waals surface area contributed by atoms with Crippen molar-refractivity contribution in [1.82, 2.24) is 15.1 Å². The van der Waals surface area contributed by atoms with Crippen LogP contribution in [0.15, 0.2) is 43.0 Å². The first-order valence-corrected chi connectivity index (χ1v) is 9.18. The molecule has 0 bridgehead atoms. The zero-order valence-electron chi connectivity index (χ0n) is 16.5. The molecular formula is C21H27FN4O2. The van der Waals surface area contributed by atoms with Gasteiger partial charge in [-0.1, -0.05) is 26.8 Å². The standard InChI is InChI=1S/C21H27FN4O2/c1-5-6-7-12-26-17(14-8-10-15(22)11-9-14)13-16(25-26)20(28)24-18(19(23)27)21(2,3)4/h5,8-11,13,18H,1,6-7,12H2,2-4H3,(H2,23,27)(H,24,28). The topological polar surface area (TPSA) is 90.0 Å². The van der Waals surface area contributed by atoms with Gasteiger partial charge in [0.2, 0.25) is 5.91 Å². The van der Waals surface area contributed by atoms with Gasteiger partial charge < -0.3 is 11.1 Å². The van der Waals surface area contributed by atoms with Crippen molar-refractivity contribution < 1.29 is 14.0 Å². The van der Waals surface area contributed by atoms with Crippen LogP contribution in [0.25, 0.3) is 11.3 Å². The Balaban J connectivity index is 2.34. The molecular weight excluding hydrogens is 359 g/mol. The average molecular weight is 386 g/mol. The number of nitrogens with zero attached hydrogens (tertiary/aromatic N) is 2. The lowest BCUT2D eigenvalue weighted by Gasteiger charge is -2.28. The summed E-state index contributed by atoms with van der Waals surface area (Å²) in [6.45, 7) is 9.74. The predicted octanol–water partition coefficient (Wildman–Crippen LogP) is 3.29. The number of allylic oxidation sites excluding steroid dienone is 1. The van der Waals surface area contributed by atoms with Gasteiger partial charge in [0.15, 0.2) is 5.69 Å². The van der Waals surface area contributed by atoms with Crippen molar-refractivity contribution in [3.8, 4) is 11.3 Å². The van der Waals surface area contributed by atoms with E-state index < -0.39 is 23.3 Å². The Morgan fingerprint density at radius 2 is 1.96 bits per heavy atom. The minimum Gasteiger partial charge on any atom is -0.368 e. The Bertz CT molecular complexity index is 850. The highest BCUT2D eigenvalue weighted by molar-refractivity contribution is 5.96. The Morgan fingerprint density at radius 3 is 2.50 bits per heavy atom. The number of benzene rings is 1. The third-order valence-corrected chi connectivity index (χ3v) is 4.36. The molecule has 0 saturated carbocycles. The second-order valence-corrected chi connectivity index (χ2v) is 7.75. The molecule has 3 N–H and O–H groups in total. The van der Waals surface area contributed by atoms with Gasteiger partial charge in [-0.2, -0.15) is 5.10 Å². The number of hydrogen-bond acceptors (Lipinski definition) is 3. The maximum atomic E-state index is 13.3. The van der Waals surface area contributed by atoms with E-state index in [9.17, 15) is 14.0 Å². The fourth-order valence-corrected chi connectivity index (χ4v) is 2.86. The molecule has 0 aliphatic heterocycles. The normalized spacial score (nSPS) is 12.4. The molecule has 2 amide bonds. The molecule has 0 saturated heterocycles. The number of amides is 2. The lowest BCUT2D eigenvalue weighted by atomic mass is 9.86.